The van der Waals surface area contributed by atoms with E-state index in [0.29, 0.717) is 0 Å². The lowest BCUT2D eigenvalue weighted by molar-refractivity contribution is 1.47. The van der Waals surface area contributed by atoms with E-state index in [-0.39, 0.29) is 0 Å². The Kier molecular flexibility index (Phi) is 7.79. The molecule has 0 saturated heterocycles. The standard InChI is InChI=1S/2C7H9N.C6H7N/c1-6-3-2-4-7(8)5-6;1-6-4-2-3-5-7(6)8;7-6-4-2-1-3-5-6/h2*2-5H,8H2,1H3;1-5H,7H2. The van der Waals surface area contributed by atoms with Crippen molar-refractivity contribution in [1.29, 1.82) is 0 Å². The van der Waals surface area contributed by atoms with E-state index in [2.05, 4.69) is 0 Å². The third-order valence-electron chi connectivity index (χ3n) is 3.03. The van der Waals surface area contributed by atoms with Crippen LogP contribution in [0.5, 0.6) is 0 Å². The maximum absolute atomic E-state index is 5.52. The first kappa shape index (κ1) is 18.1. The lowest BCUT2D eigenvalue weighted by Crippen LogP contribution is -1.85. The van der Waals surface area contributed by atoms with E-state index >= 15 is 0 Å². The molecule has 0 aliphatic heterocycles. The number of hydrogen-bond acceptors (Lipinski definition) is 3. The molecule has 0 spiro atoms. The molecule has 0 aliphatic rings. The maximum Gasteiger partial charge on any atom is 0.0343 e. The molecular weight excluding hydrogens is 282 g/mol. The third-order valence-corrected chi connectivity index (χ3v) is 3.03. The Labute approximate surface area is 138 Å². The highest BCUT2D eigenvalue weighted by Crippen LogP contribution is 2.06. The average molecular weight is 307 g/mol. The second kappa shape index (κ2) is 9.90. The second-order valence-electron chi connectivity index (χ2n) is 5.18. The smallest absolute Gasteiger partial charge is 0.0343 e. The molecule has 23 heavy (non-hydrogen) atoms. The number of benzene rings is 3. The van der Waals surface area contributed by atoms with Gasteiger partial charge in [0, 0.05) is 17.1 Å². The second-order valence-corrected chi connectivity index (χ2v) is 5.18. The number of para-hydroxylation sites is 2. The molecule has 0 atom stereocenters. The van der Waals surface area contributed by atoms with Crippen molar-refractivity contribution in [3.05, 3.63) is 90.0 Å². The molecular formula is C20H25N3. The van der Waals surface area contributed by atoms with Crippen LogP contribution < -0.4 is 17.2 Å². The van der Waals surface area contributed by atoms with Crippen LogP contribution >= 0.6 is 0 Å². The highest BCUT2D eigenvalue weighted by Gasteiger charge is 1.84. The van der Waals surface area contributed by atoms with Gasteiger partial charge in [0.05, 0.1) is 0 Å². The molecule has 0 unspecified atom stereocenters. The van der Waals surface area contributed by atoms with Crippen LogP contribution in [0.25, 0.3) is 0 Å². The van der Waals surface area contributed by atoms with Gasteiger partial charge in [-0.25, -0.2) is 0 Å². The van der Waals surface area contributed by atoms with Gasteiger partial charge in [-0.15, -0.1) is 0 Å². The molecule has 0 amide bonds. The number of hydrogen-bond donors (Lipinski definition) is 3. The zero-order valence-electron chi connectivity index (χ0n) is 13.7. The molecule has 3 nitrogen and oxygen atoms in total. The van der Waals surface area contributed by atoms with Crippen LogP contribution in [0, 0.1) is 13.8 Å². The minimum Gasteiger partial charge on any atom is -0.399 e. The summed E-state index contributed by atoms with van der Waals surface area (Å²) in [6, 6.07) is 25.1. The molecule has 0 radical (unpaired) electrons. The summed E-state index contributed by atoms with van der Waals surface area (Å²) >= 11 is 0. The molecule has 0 saturated carbocycles. The van der Waals surface area contributed by atoms with Gasteiger partial charge in [-0.3, -0.25) is 0 Å². The van der Waals surface area contributed by atoms with Crippen LogP contribution in [0.3, 0.4) is 0 Å². The molecule has 3 heteroatoms. The summed E-state index contributed by atoms with van der Waals surface area (Å²) in [7, 11) is 0. The normalized spacial score (nSPS) is 8.96. The summed E-state index contributed by atoms with van der Waals surface area (Å²) in [6.07, 6.45) is 0. The Morgan fingerprint density at radius 3 is 1.48 bits per heavy atom. The fraction of sp³-hybridized carbons (Fsp3) is 0.100. The highest BCUT2D eigenvalue weighted by atomic mass is 14.5. The Hall–Kier alpha value is -2.94. The van der Waals surface area contributed by atoms with Crippen molar-refractivity contribution in [2.24, 2.45) is 0 Å². The number of rotatable bonds is 0. The number of nitrogen functional groups attached to an aromatic ring is 3. The van der Waals surface area contributed by atoms with Gasteiger partial charge in [0.15, 0.2) is 0 Å². The topological polar surface area (TPSA) is 78.1 Å². The average Bonchev–Trinajstić information content (AvgIpc) is 2.52. The first-order valence-corrected chi connectivity index (χ1v) is 7.43. The fourth-order valence-electron chi connectivity index (χ4n) is 1.71. The Morgan fingerprint density at radius 1 is 0.565 bits per heavy atom. The molecule has 6 N–H and O–H groups in total. The van der Waals surface area contributed by atoms with E-state index in [4.69, 9.17) is 17.2 Å². The number of nitrogens with two attached hydrogens (primary N) is 3. The van der Waals surface area contributed by atoms with Crippen molar-refractivity contribution in [3.63, 3.8) is 0 Å². The summed E-state index contributed by atoms with van der Waals surface area (Å²) in [5, 5.41) is 0. The molecule has 3 aromatic rings. The van der Waals surface area contributed by atoms with E-state index in [1.165, 1.54) is 5.56 Å². The molecule has 0 fully saturated rings. The molecule has 120 valence electrons. The fourth-order valence-corrected chi connectivity index (χ4v) is 1.71. The Bertz CT molecular complexity index is 656. The first-order chi connectivity index (χ1) is 11.0. The highest BCUT2D eigenvalue weighted by molar-refractivity contribution is 5.45. The van der Waals surface area contributed by atoms with Crippen LogP contribution in [0.1, 0.15) is 11.1 Å². The first-order valence-electron chi connectivity index (χ1n) is 7.43. The molecule has 3 rings (SSSR count). The molecule has 0 heterocycles. The van der Waals surface area contributed by atoms with Crippen LogP contribution in [0.4, 0.5) is 17.1 Å². The van der Waals surface area contributed by atoms with Crippen molar-refractivity contribution >= 4 is 17.1 Å². The van der Waals surface area contributed by atoms with Crippen LogP contribution in [-0.4, -0.2) is 0 Å². The Morgan fingerprint density at radius 2 is 1.13 bits per heavy atom. The van der Waals surface area contributed by atoms with Crippen molar-refractivity contribution in [2.75, 3.05) is 17.2 Å². The van der Waals surface area contributed by atoms with Gasteiger partial charge in [0.2, 0.25) is 0 Å². The van der Waals surface area contributed by atoms with Crippen LogP contribution in [0.15, 0.2) is 78.9 Å². The van der Waals surface area contributed by atoms with E-state index in [1.807, 2.05) is 92.7 Å². The van der Waals surface area contributed by atoms with Crippen molar-refractivity contribution in [2.45, 2.75) is 13.8 Å². The van der Waals surface area contributed by atoms with Crippen LogP contribution in [0.2, 0.25) is 0 Å². The SMILES string of the molecule is Cc1cccc(N)c1.Cc1ccccc1N.Nc1ccccc1. The summed E-state index contributed by atoms with van der Waals surface area (Å²) in [4.78, 5) is 0. The predicted molar refractivity (Wildman–Crippen MR) is 102 cm³/mol. The molecule has 3 aromatic carbocycles. The minimum atomic E-state index is 0.822. The third kappa shape index (κ3) is 8.17. The Balaban J connectivity index is 0.000000173. The number of aryl methyl sites for hydroxylation is 2. The zero-order chi connectivity index (χ0) is 17.1. The maximum atomic E-state index is 5.52. The van der Waals surface area contributed by atoms with Crippen LogP contribution in [-0.2, 0) is 0 Å². The summed E-state index contributed by atoms with van der Waals surface area (Å²) < 4.78 is 0. The van der Waals surface area contributed by atoms with Gasteiger partial charge >= 0.3 is 0 Å². The van der Waals surface area contributed by atoms with Crippen molar-refractivity contribution in [3.8, 4) is 0 Å². The summed E-state index contributed by atoms with van der Waals surface area (Å²) in [5.74, 6) is 0. The lowest BCUT2D eigenvalue weighted by atomic mass is 10.2. The van der Waals surface area contributed by atoms with Gasteiger partial charge in [-0.1, -0.05) is 48.5 Å². The van der Waals surface area contributed by atoms with E-state index < -0.39 is 0 Å². The van der Waals surface area contributed by atoms with Gasteiger partial charge in [-0.05, 0) is 55.3 Å². The minimum absolute atomic E-state index is 0.822. The molecule has 0 bridgehead atoms. The van der Waals surface area contributed by atoms with E-state index in [0.717, 1.165) is 22.6 Å². The molecule has 0 aliphatic carbocycles. The number of anilines is 3. The monoisotopic (exact) mass is 307 g/mol. The quantitative estimate of drug-likeness (QED) is 0.538. The van der Waals surface area contributed by atoms with Gasteiger partial charge in [-0.2, -0.15) is 0 Å². The molecule has 0 aromatic heterocycles. The van der Waals surface area contributed by atoms with E-state index in [9.17, 15) is 0 Å². The summed E-state index contributed by atoms with van der Waals surface area (Å²) in [6.45, 7) is 4.02. The van der Waals surface area contributed by atoms with Crippen molar-refractivity contribution < 1.29 is 0 Å². The van der Waals surface area contributed by atoms with E-state index in [1.54, 1.807) is 0 Å². The predicted octanol–water partition coefficient (Wildman–Crippen LogP) is 4.42. The van der Waals surface area contributed by atoms with Gasteiger partial charge in [0.1, 0.15) is 0 Å². The summed E-state index contributed by atoms with van der Waals surface area (Å²) in [5.41, 5.74) is 21.2. The lowest BCUT2D eigenvalue weighted by Gasteiger charge is -1.93. The zero-order valence-corrected chi connectivity index (χ0v) is 13.7. The van der Waals surface area contributed by atoms with Gasteiger partial charge < -0.3 is 17.2 Å². The van der Waals surface area contributed by atoms with Crippen molar-refractivity contribution in [1.82, 2.24) is 0 Å². The largest absolute Gasteiger partial charge is 0.399 e. The van der Waals surface area contributed by atoms with Gasteiger partial charge in [0.25, 0.3) is 0 Å².